The summed E-state index contributed by atoms with van der Waals surface area (Å²) in [5.41, 5.74) is 1.23. The van der Waals surface area contributed by atoms with Gasteiger partial charge in [-0.3, -0.25) is 0 Å². The smallest absolute Gasteiger partial charge is 0.119 e. The number of nitrogens with one attached hydrogen (secondary N) is 1. The highest BCUT2D eigenvalue weighted by Crippen LogP contribution is 2.23. The second-order valence-electron chi connectivity index (χ2n) is 5.18. The third-order valence-corrected chi connectivity index (χ3v) is 3.73. The van der Waals surface area contributed by atoms with E-state index in [4.69, 9.17) is 4.74 Å². The number of aliphatic hydroxyl groups excluding tert-OH is 1. The van der Waals surface area contributed by atoms with E-state index < -0.39 is 0 Å². The maximum absolute atomic E-state index is 9.69. The third-order valence-electron chi connectivity index (χ3n) is 3.73. The molecule has 2 rings (SSSR count). The molecule has 0 heterocycles. The molecule has 1 aliphatic rings. The standard InChI is InChI=1S/C15H23NO2/c1-11(12-5-3-8-15(9-12)18-2)16-13-6-4-7-14(17)10-13/h3,5,8-9,11,13-14,16-17H,4,6-7,10H2,1-2H3. The topological polar surface area (TPSA) is 41.5 Å². The molecule has 3 atom stereocenters. The Bertz CT molecular complexity index is 381. The number of hydrogen-bond acceptors (Lipinski definition) is 3. The summed E-state index contributed by atoms with van der Waals surface area (Å²) in [5, 5.41) is 13.3. The first kappa shape index (κ1) is 13.4. The third kappa shape index (κ3) is 3.47. The van der Waals surface area contributed by atoms with Crippen LogP contribution in [0.5, 0.6) is 5.75 Å². The van der Waals surface area contributed by atoms with Gasteiger partial charge in [-0.15, -0.1) is 0 Å². The fraction of sp³-hybridized carbons (Fsp3) is 0.600. The first-order chi connectivity index (χ1) is 8.69. The second kappa shape index (κ2) is 6.21. The lowest BCUT2D eigenvalue weighted by molar-refractivity contribution is 0.109. The zero-order chi connectivity index (χ0) is 13.0. The van der Waals surface area contributed by atoms with Crippen LogP contribution in [-0.4, -0.2) is 24.4 Å². The van der Waals surface area contributed by atoms with Crippen LogP contribution < -0.4 is 10.1 Å². The zero-order valence-electron chi connectivity index (χ0n) is 11.2. The minimum absolute atomic E-state index is 0.131. The fourth-order valence-electron chi connectivity index (χ4n) is 2.68. The summed E-state index contributed by atoms with van der Waals surface area (Å²) in [6.45, 7) is 2.16. The van der Waals surface area contributed by atoms with E-state index in [1.54, 1.807) is 7.11 Å². The van der Waals surface area contributed by atoms with Crippen LogP contribution >= 0.6 is 0 Å². The molecule has 0 bridgehead atoms. The molecule has 1 aromatic carbocycles. The Morgan fingerprint density at radius 3 is 2.94 bits per heavy atom. The Labute approximate surface area is 109 Å². The van der Waals surface area contributed by atoms with Gasteiger partial charge in [-0.05, 0) is 50.3 Å². The van der Waals surface area contributed by atoms with Crippen LogP contribution in [0.15, 0.2) is 24.3 Å². The monoisotopic (exact) mass is 249 g/mol. The van der Waals surface area contributed by atoms with Crippen LogP contribution in [-0.2, 0) is 0 Å². The molecule has 3 heteroatoms. The Hall–Kier alpha value is -1.06. The van der Waals surface area contributed by atoms with Gasteiger partial charge >= 0.3 is 0 Å². The molecule has 0 aromatic heterocycles. The van der Waals surface area contributed by atoms with Crippen LogP contribution in [0.1, 0.15) is 44.2 Å². The van der Waals surface area contributed by atoms with E-state index in [-0.39, 0.29) is 12.1 Å². The summed E-state index contributed by atoms with van der Waals surface area (Å²) >= 11 is 0. The van der Waals surface area contributed by atoms with E-state index in [0.29, 0.717) is 6.04 Å². The van der Waals surface area contributed by atoms with Gasteiger partial charge in [0.05, 0.1) is 13.2 Å². The first-order valence-corrected chi connectivity index (χ1v) is 6.77. The van der Waals surface area contributed by atoms with Crippen molar-refractivity contribution in [1.82, 2.24) is 5.32 Å². The van der Waals surface area contributed by atoms with Crippen molar-refractivity contribution in [2.45, 2.75) is 50.8 Å². The molecule has 0 aliphatic heterocycles. The van der Waals surface area contributed by atoms with E-state index in [1.807, 2.05) is 12.1 Å². The summed E-state index contributed by atoms with van der Waals surface area (Å²) < 4.78 is 5.24. The molecule has 1 saturated carbocycles. The molecule has 3 nitrogen and oxygen atoms in total. The maximum Gasteiger partial charge on any atom is 0.119 e. The largest absolute Gasteiger partial charge is 0.497 e. The highest BCUT2D eigenvalue weighted by molar-refractivity contribution is 5.30. The molecule has 1 aliphatic carbocycles. The molecular formula is C15H23NO2. The van der Waals surface area contributed by atoms with Crippen molar-refractivity contribution >= 4 is 0 Å². The second-order valence-corrected chi connectivity index (χ2v) is 5.18. The summed E-state index contributed by atoms with van der Waals surface area (Å²) in [6.07, 6.45) is 3.96. The number of benzene rings is 1. The van der Waals surface area contributed by atoms with Crippen molar-refractivity contribution in [3.63, 3.8) is 0 Å². The normalized spacial score (nSPS) is 25.7. The van der Waals surface area contributed by atoms with E-state index in [9.17, 15) is 5.11 Å². The van der Waals surface area contributed by atoms with Gasteiger partial charge < -0.3 is 15.2 Å². The lowest BCUT2D eigenvalue weighted by atomic mass is 9.92. The van der Waals surface area contributed by atoms with Crippen molar-refractivity contribution in [2.24, 2.45) is 0 Å². The van der Waals surface area contributed by atoms with Gasteiger partial charge in [0.15, 0.2) is 0 Å². The molecule has 0 radical (unpaired) electrons. The number of methoxy groups -OCH3 is 1. The zero-order valence-corrected chi connectivity index (χ0v) is 11.2. The minimum Gasteiger partial charge on any atom is -0.497 e. The molecule has 1 fully saturated rings. The first-order valence-electron chi connectivity index (χ1n) is 6.77. The average Bonchev–Trinajstić information content (AvgIpc) is 2.39. The van der Waals surface area contributed by atoms with Crippen LogP contribution in [0, 0.1) is 0 Å². The highest BCUT2D eigenvalue weighted by atomic mass is 16.5. The summed E-state index contributed by atoms with van der Waals surface area (Å²) in [5.74, 6) is 0.893. The van der Waals surface area contributed by atoms with Gasteiger partial charge in [-0.2, -0.15) is 0 Å². The van der Waals surface area contributed by atoms with Crippen molar-refractivity contribution in [3.05, 3.63) is 29.8 Å². The molecular weight excluding hydrogens is 226 g/mol. The van der Waals surface area contributed by atoms with Gasteiger partial charge in [-0.25, -0.2) is 0 Å². The molecule has 0 saturated heterocycles. The average molecular weight is 249 g/mol. The van der Waals surface area contributed by atoms with Gasteiger partial charge in [0, 0.05) is 12.1 Å². The highest BCUT2D eigenvalue weighted by Gasteiger charge is 2.21. The number of ether oxygens (including phenoxy) is 1. The van der Waals surface area contributed by atoms with Gasteiger partial charge in [0.25, 0.3) is 0 Å². The Kier molecular flexibility index (Phi) is 4.61. The van der Waals surface area contributed by atoms with E-state index >= 15 is 0 Å². The summed E-state index contributed by atoms with van der Waals surface area (Å²) in [4.78, 5) is 0. The van der Waals surface area contributed by atoms with Crippen molar-refractivity contribution in [1.29, 1.82) is 0 Å². The Balaban J connectivity index is 1.95. The molecule has 0 spiro atoms. The van der Waals surface area contributed by atoms with Crippen LogP contribution in [0.2, 0.25) is 0 Å². The number of aliphatic hydroxyl groups is 1. The summed E-state index contributed by atoms with van der Waals surface area (Å²) in [7, 11) is 1.69. The number of hydrogen-bond donors (Lipinski definition) is 2. The predicted octanol–water partition coefficient (Wildman–Crippen LogP) is 2.65. The van der Waals surface area contributed by atoms with Crippen LogP contribution in [0.25, 0.3) is 0 Å². The molecule has 3 unspecified atom stereocenters. The molecule has 100 valence electrons. The lowest BCUT2D eigenvalue weighted by Crippen LogP contribution is -2.37. The van der Waals surface area contributed by atoms with E-state index in [1.165, 1.54) is 5.56 Å². The SMILES string of the molecule is COc1cccc(C(C)NC2CCCC(O)C2)c1. The number of rotatable bonds is 4. The Morgan fingerprint density at radius 2 is 2.22 bits per heavy atom. The maximum atomic E-state index is 9.69. The van der Waals surface area contributed by atoms with E-state index in [0.717, 1.165) is 31.4 Å². The lowest BCUT2D eigenvalue weighted by Gasteiger charge is -2.29. The van der Waals surface area contributed by atoms with E-state index in [2.05, 4.69) is 24.4 Å². The fourth-order valence-corrected chi connectivity index (χ4v) is 2.68. The van der Waals surface area contributed by atoms with Crippen LogP contribution in [0.3, 0.4) is 0 Å². The Morgan fingerprint density at radius 1 is 1.39 bits per heavy atom. The van der Waals surface area contributed by atoms with Gasteiger partial charge in [-0.1, -0.05) is 12.1 Å². The molecule has 18 heavy (non-hydrogen) atoms. The van der Waals surface area contributed by atoms with Crippen molar-refractivity contribution in [3.8, 4) is 5.75 Å². The summed E-state index contributed by atoms with van der Waals surface area (Å²) in [6, 6.07) is 8.87. The molecule has 2 N–H and O–H groups in total. The quantitative estimate of drug-likeness (QED) is 0.862. The predicted molar refractivity (Wildman–Crippen MR) is 72.8 cm³/mol. The van der Waals surface area contributed by atoms with Crippen molar-refractivity contribution < 1.29 is 9.84 Å². The van der Waals surface area contributed by atoms with Crippen LogP contribution in [0.4, 0.5) is 0 Å². The van der Waals surface area contributed by atoms with Gasteiger partial charge in [0.1, 0.15) is 5.75 Å². The molecule has 0 amide bonds. The van der Waals surface area contributed by atoms with Gasteiger partial charge in [0.2, 0.25) is 0 Å². The minimum atomic E-state index is -0.131. The van der Waals surface area contributed by atoms with Crippen molar-refractivity contribution in [2.75, 3.05) is 7.11 Å². The molecule has 1 aromatic rings.